The lowest BCUT2D eigenvalue weighted by Crippen LogP contribution is -2.17. The number of halogens is 4. The second-order valence-electron chi connectivity index (χ2n) is 5.81. The Labute approximate surface area is 164 Å². The number of hydrogen-bond donors (Lipinski definition) is 0. The SMILES string of the molecule is CN(Cc1ccc(Cl)c(Cl)c1)Cc1nc(-c2ccccc2OC(F)F)no1. The van der Waals surface area contributed by atoms with E-state index in [1.807, 2.05) is 18.0 Å². The Hall–Kier alpha value is -2.22. The molecule has 27 heavy (non-hydrogen) atoms. The van der Waals surface area contributed by atoms with Crippen LogP contribution in [0.15, 0.2) is 47.0 Å². The Morgan fingerprint density at radius 3 is 2.63 bits per heavy atom. The van der Waals surface area contributed by atoms with Crippen LogP contribution in [0, 0.1) is 0 Å². The van der Waals surface area contributed by atoms with Gasteiger partial charge < -0.3 is 9.26 Å². The van der Waals surface area contributed by atoms with Gasteiger partial charge in [-0.3, -0.25) is 4.90 Å². The first-order valence-electron chi connectivity index (χ1n) is 7.91. The van der Waals surface area contributed by atoms with Crippen molar-refractivity contribution in [1.29, 1.82) is 0 Å². The first kappa shape index (κ1) is 19.5. The molecule has 0 N–H and O–H groups in total. The van der Waals surface area contributed by atoms with E-state index in [0.29, 0.717) is 34.6 Å². The summed E-state index contributed by atoms with van der Waals surface area (Å²) in [4.78, 5) is 6.21. The smallest absolute Gasteiger partial charge is 0.387 e. The van der Waals surface area contributed by atoms with Gasteiger partial charge in [0.25, 0.3) is 0 Å². The Morgan fingerprint density at radius 1 is 1.11 bits per heavy atom. The molecule has 1 heterocycles. The fourth-order valence-corrected chi connectivity index (χ4v) is 2.84. The number of rotatable bonds is 7. The summed E-state index contributed by atoms with van der Waals surface area (Å²) in [6.07, 6.45) is 0. The maximum absolute atomic E-state index is 12.5. The van der Waals surface area contributed by atoms with Crippen LogP contribution in [0.2, 0.25) is 10.0 Å². The third kappa shape index (κ3) is 5.15. The lowest BCUT2D eigenvalue weighted by atomic mass is 10.2. The number of para-hydroxylation sites is 1. The van der Waals surface area contributed by atoms with Crippen LogP contribution in [0.4, 0.5) is 8.78 Å². The molecule has 0 spiro atoms. The number of alkyl halides is 2. The molecule has 0 aliphatic carbocycles. The van der Waals surface area contributed by atoms with Gasteiger partial charge in [0.05, 0.1) is 22.2 Å². The molecule has 0 aliphatic rings. The highest BCUT2D eigenvalue weighted by Crippen LogP contribution is 2.29. The molecule has 0 saturated carbocycles. The highest BCUT2D eigenvalue weighted by Gasteiger charge is 2.16. The minimum absolute atomic E-state index is 0.0102. The molecule has 5 nitrogen and oxygen atoms in total. The van der Waals surface area contributed by atoms with Gasteiger partial charge in [-0.2, -0.15) is 13.8 Å². The molecule has 0 bridgehead atoms. The number of ether oxygens (including phenoxy) is 1. The van der Waals surface area contributed by atoms with Crippen molar-refractivity contribution in [3.8, 4) is 17.1 Å². The van der Waals surface area contributed by atoms with Gasteiger partial charge in [0.1, 0.15) is 5.75 Å². The van der Waals surface area contributed by atoms with Crippen LogP contribution in [0.5, 0.6) is 5.75 Å². The molecule has 9 heteroatoms. The summed E-state index contributed by atoms with van der Waals surface area (Å²) in [5, 5.41) is 4.84. The molecule has 3 aromatic rings. The van der Waals surface area contributed by atoms with E-state index in [2.05, 4.69) is 14.9 Å². The summed E-state index contributed by atoms with van der Waals surface area (Å²) in [6, 6.07) is 11.7. The molecule has 2 aromatic carbocycles. The second kappa shape index (κ2) is 8.65. The zero-order chi connectivity index (χ0) is 19.4. The van der Waals surface area contributed by atoms with Crippen LogP contribution in [-0.4, -0.2) is 28.7 Å². The minimum atomic E-state index is -2.94. The fraction of sp³-hybridized carbons (Fsp3) is 0.222. The predicted molar refractivity (Wildman–Crippen MR) is 98.0 cm³/mol. The van der Waals surface area contributed by atoms with Crippen LogP contribution < -0.4 is 4.74 Å². The largest absolute Gasteiger partial charge is 0.434 e. The van der Waals surface area contributed by atoms with Crippen LogP contribution in [-0.2, 0) is 13.1 Å². The molecule has 3 rings (SSSR count). The average molecular weight is 414 g/mol. The standard InChI is InChI=1S/C18H15Cl2F2N3O2/c1-25(9-11-6-7-13(19)14(20)8-11)10-16-23-17(24-27-16)12-4-2-3-5-15(12)26-18(21)22/h2-8,18H,9-10H2,1H3. The van der Waals surface area contributed by atoms with Gasteiger partial charge in [0.15, 0.2) is 0 Å². The van der Waals surface area contributed by atoms with Gasteiger partial charge in [0, 0.05) is 6.54 Å². The van der Waals surface area contributed by atoms with Gasteiger partial charge in [-0.05, 0) is 36.9 Å². The lowest BCUT2D eigenvalue weighted by molar-refractivity contribution is -0.0494. The summed E-state index contributed by atoms with van der Waals surface area (Å²) in [5.74, 6) is 0.521. The molecule has 142 valence electrons. The molecule has 0 radical (unpaired) electrons. The highest BCUT2D eigenvalue weighted by atomic mass is 35.5. The summed E-state index contributed by atoms with van der Waals surface area (Å²) in [6.45, 7) is -1.99. The molecule has 0 unspecified atom stereocenters. The monoisotopic (exact) mass is 413 g/mol. The van der Waals surface area contributed by atoms with Crippen molar-refractivity contribution in [2.75, 3.05) is 7.05 Å². The van der Waals surface area contributed by atoms with Crippen molar-refractivity contribution in [1.82, 2.24) is 15.0 Å². The lowest BCUT2D eigenvalue weighted by Gasteiger charge is -2.14. The first-order chi connectivity index (χ1) is 12.9. The normalized spacial score (nSPS) is 11.4. The second-order valence-corrected chi connectivity index (χ2v) is 6.62. The third-order valence-corrected chi connectivity index (χ3v) is 4.39. The minimum Gasteiger partial charge on any atom is -0.434 e. The molecule has 0 aliphatic heterocycles. The van der Waals surface area contributed by atoms with Crippen LogP contribution >= 0.6 is 23.2 Å². The van der Waals surface area contributed by atoms with E-state index >= 15 is 0 Å². The summed E-state index contributed by atoms with van der Waals surface area (Å²) in [5.41, 5.74) is 1.31. The fourth-order valence-electron chi connectivity index (χ4n) is 2.52. The van der Waals surface area contributed by atoms with E-state index in [-0.39, 0.29) is 11.6 Å². The average Bonchev–Trinajstić information content (AvgIpc) is 3.06. The molecule has 0 atom stereocenters. The zero-order valence-electron chi connectivity index (χ0n) is 14.2. The molecule has 1 aromatic heterocycles. The first-order valence-corrected chi connectivity index (χ1v) is 8.67. The number of hydrogen-bond acceptors (Lipinski definition) is 5. The van der Waals surface area contributed by atoms with Gasteiger partial charge >= 0.3 is 6.61 Å². The Morgan fingerprint density at radius 2 is 1.89 bits per heavy atom. The summed E-state index contributed by atoms with van der Waals surface area (Å²) in [7, 11) is 1.88. The molecule has 0 saturated heterocycles. The molecule has 0 fully saturated rings. The van der Waals surface area contributed by atoms with E-state index < -0.39 is 6.61 Å². The van der Waals surface area contributed by atoms with E-state index in [1.165, 1.54) is 6.07 Å². The van der Waals surface area contributed by atoms with Gasteiger partial charge in [-0.1, -0.05) is 46.6 Å². The highest BCUT2D eigenvalue weighted by molar-refractivity contribution is 6.42. The topological polar surface area (TPSA) is 51.4 Å². The molecular weight excluding hydrogens is 399 g/mol. The summed E-state index contributed by atoms with van der Waals surface area (Å²) < 4.78 is 34.8. The van der Waals surface area contributed by atoms with Crippen LogP contribution in [0.25, 0.3) is 11.4 Å². The van der Waals surface area contributed by atoms with Crippen LogP contribution in [0.1, 0.15) is 11.5 Å². The van der Waals surface area contributed by atoms with Gasteiger partial charge in [-0.15, -0.1) is 0 Å². The van der Waals surface area contributed by atoms with Gasteiger partial charge in [-0.25, -0.2) is 0 Å². The Kier molecular flexibility index (Phi) is 6.26. The van der Waals surface area contributed by atoms with E-state index in [4.69, 9.17) is 27.7 Å². The van der Waals surface area contributed by atoms with Crippen molar-refractivity contribution in [3.05, 3.63) is 64.0 Å². The number of benzene rings is 2. The molecular formula is C18H15Cl2F2N3O2. The number of aromatic nitrogens is 2. The quantitative estimate of drug-likeness (QED) is 0.527. The van der Waals surface area contributed by atoms with E-state index in [9.17, 15) is 8.78 Å². The maximum Gasteiger partial charge on any atom is 0.387 e. The Bertz CT molecular complexity index is 921. The van der Waals surface area contributed by atoms with Crippen molar-refractivity contribution < 1.29 is 18.0 Å². The van der Waals surface area contributed by atoms with Crippen molar-refractivity contribution in [2.45, 2.75) is 19.7 Å². The van der Waals surface area contributed by atoms with E-state index in [1.54, 1.807) is 30.3 Å². The zero-order valence-corrected chi connectivity index (χ0v) is 15.7. The molecule has 0 amide bonds. The van der Waals surface area contributed by atoms with E-state index in [0.717, 1.165) is 5.56 Å². The van der Waals surface area contributed by atoms with Crippen molar-refractivity contribution in [3.63, 3.8) is 0 Å². The van der Waals surface area contributed by atoms with Crippen molar-refractivity contribution >= 4 is 23.2 Å². The third-order valence-electron chi connectivity index (χ3n) is 3.65. The number of nitrogens with zero attached hydrogens (tertiary/aromatic N) is 3. The predicted octanol–water partition coefficient (Wildman–Crippen LogP) is 5.28. The van der Waals surface area contributed by atoms with Crippen molar-refractivity contribution in [2.24, 2.45) is 0 Å². The summed E-state index contributed by atoms with van der Waals surface area (Å²) >= 11 is 11.9. The Balaban J connectivity index is 1.70. The van der Waals surface area contributed by atoms with Gasteiger partial charge in [0.2, 0.25) is 11.7 Å². The van der Waals surface area contributed by atoms with Crippen LogP contribution in [0.3, 0.4) is 0 Å². The maximum atomic E-state index is 12.5.